The molecule has 0 radical (unpaired) electrons. The Balaban J connectivity index is 1.66. The lowest BCUT2D eigenvalue weighted by molar-refractivity contribution is -0.140. The highest BCUT2D eigenvalue weighted by Gasteiger charge is 2.43. The van der Waals surface area contributed by atoms with Gasteiger partial charge in [-0.2, -0.15) is 0 Å². The molecule has 1 saturated carbocycles. The van der Waals surface area contributed by atoms with E-state index in [-0.39, 0.29) is 6.29 Å². The normalized spacial score (nSPS) is 29.5. The van der Waals surface area contributed by atoms with Crippen LogP contribution in [0.2, 0.25) is 0 Å². The molecule has 2 heterocycles. The number of aliphatic hydroxyl groups excluding tert-OH is 1. The molecule has 1 saturated heterocycles. The van der Waals surface area contributed by atoms with Crippen LogP contribution in [0.1, 0.15) is 37.4 Å². The lowest BCUT2D eigenvalue weighted by atomic mass is 9.70. The van der Waals surface area contributed by atoms with E-state index in [1.165, 1.54) is 23.0 Å². The maximum absolute atomic E-state index is 9.80. The first-order valence-electron chi connectivity index (χ1n) is 9.73. The number of piperidine rings is 1. The number of nitrogens with one attached hydrogen (secondary N) is 1. The van der Waals surface area contributed by atoms with Crippen LogP contribution in [0.25, 0.3) is 10.9 Å². The predicted molar refractivity (Wildman–Crippen MR) is 102 cm³/mol. The van der Waals surface area contributed by atoms with Gasteiger partial charge >= 0.3 is 0 Å². The van der Waals surface area contributed by atoms with Crippen LogP contribution in [-0.2, 0) is 9.47 Å². The molecule has 1 aliphatic heterocycles. The Morgan fingerprint density at radius 3 is 2.73 bits per heavy atom. The smallest absolute Gasteiger partial charge is 0.169 e. The van der Waals surface area contributed by atoms with Gasteiger partial charge in [0, 0.05) is 38.1 Å². The van der Waals surface area contributed by atoms with E-state index >= 15 is 0 Å². The zero-order chi connectivity index (χ0) is 18.1. The monoisotopic (exact) mass is 358 g/mol. The lowest BCUT2D eigenvalue weighted by Gasteiger charge is -2.51. The number of hydrogen-bond donors (Lipinski definition) is 2. The number of likely N-dealkylation sites (tertiary alicyclic amines) is 1. The lowest BCUT2D eigenvalue weighted by Crippen LogP contribution is -2.52. The quantitative estimate of drug-likeness (QED) is 0.778. The molecule has 142 valence electrons. The van der Waals surface area contributed by atoms with E-state index < -0.39 is 0 Å². The van der Waals surface area contributed by atoms with Crippen LogP contribution in [0, 0.1) is 11.8 Å². The molecule has 2 fully saturated rings. The van der Waals surface area contributed by atoms with Crippen LogP contribution in [0.3, 0.4) is 0 Å². The summed E-state index contributed by atoms with van der Waals surface area (Å²) in [6, 6.07) is 11.6. The molecule has 1 aromatic carbocycles. The molecule has 2 aliphatic rings. The second-order valence-electron chi connectivity index (χ2n) is 7.83. The third-order valence-corrected chi connectivity index (χ3v) is 6.54. The molecule has 4 rings (SSSR count). The van der Waals surface area contributed by atoms with Gasteiger partial charge in [0.15, 0.2) is 6.29 Å². The number of aliphatic hydroxyl groups is 1. The molecule has 0 amide bonds. The van der Waals surface area contributed by atoms with E-state index in [1.807, 2.05) is 0 Å². The molecule has 2 N–H and O–H groups in total. The number of H-pyrrole nitrogens is 1. The highest BCUT2D eigenvalue weighted by molar-refractivity contribution is 5.80. The molecule has 0 unspecified atom stereocenters. The van der Waals surface area contributed by atoms with Crippen molar-refractivity contribution in [2.75, 3.05) is 27.4 Å². The summed E-state index contributed by atoms with van der Waals surface area (Å²) < 4.78 is 11.0. The van der Waals surface area contributed by atoms with Crippen LogP contribution in [0.4, 0.5) is 0 Å². The topological polar surface area (TPSA) is 57.7 Å². The van der Waals surface area contributed by atoms with Crippen LogP contribution in [0.5, 0.6) is 0 Å². The summed E-state index contributed by atoms with van der Waals surface area (Å²) in [5, 5.41) is 11.1. The Kier molecular flexibility index (Phi) is 5.32. The van der Waals surface area contributed by atoms with Gasteiger partial charge < -0.3 is 19.6 Å². The zero-order valence-corrected chi connectivity index (χ0v) is 15.7. The Hall–Kier alpha value is -1.40. The van der Waals surface area contributed by atoms with E-state index in [0.717, 1.165) is 25.8 Å². The maximum atomic E-state index is 9.80. The fraction of sp³-hybridized carbons (Fsp3) is 0.619. The van der Waals surface area contributed by atoms with Crippen molar-refractivity contribution in [3.8, 4) is 0 Å². The first kappa shape index (κ1) is 18.0. The first-order valence-corrected chi connectivity index (χ1v) is 9.73. The molecular formula is C21H30N2O3. The van der Waals surface area contributed by atoms with Crippen molar-refractivity contribution >= 4 is 10.9 Å². The van der Waals surface area contributed by atoms with Crippen LogP contribution >= 0.6 is 0 Å². The number of rotatable bonds is 6. The molecule has 0 spiro atoms. The van der Waals surface area contributed by atoms with Crippen molar-refractivity contribution in [2.45, 2.75) is 44.1 Å². The summed E-state index contributed by atoms with van der Waals surface area (Å²) in [5.41, 5.74) is 2.46. The minimum atomic E-state index is -0.214. The standard InChI is InChI=1S/C21H30N2O3/c1-25-21(26-2)12-23-17-8-7-15(13-24)16(9-17)11-20(23)19-10-14-5-3-4-6-18(14)22-19/h3-6,10,15-17,20-22,24H,7-9,11-13H2,1-2H3/t15-,16-,17+,20+/m0/s1. The van der Waals surface area contributed by atoms with E-state index in [2.05, 4.69) is 40.2 Å². The van der Waals surface area contributed by atoms with Gasteiger partial charge in [-0.15, -0.1) is 0 Å². The molecule has 26 heavy (non-hydrogen) atoms. The fourth-order valence-electron chi connectivity index (χ4n) is 5.08. The average molecular weight is 358 g/mol. The summed E-state index contributed by atoms with van der Waals surface area (Å²) in [6.45, 7) is 1.09. The Labute approximate surface area is 155 Å². The number of nitrogens with zero attached hydrogens (tertiary/aromatic N) is 1. The predicted octanol–water partition coefficient (Wildman–Crippen LogP) is 3.31. The largest absolute Gasteiger partial charge is 0.396 e. The van der Waals surface area contributed by atoms with Gasteiger partial charge in [0.25, 0.3) is 0 Å². The first-order chi connectivity index (χ1) is 12.7. The van der Waals surface area contributed by atoms with Crippen molar-refractivity contribution in [3.63, 3.8) is 0 Å². The molecule has 2 bridgehead atoms. The van der Waals surface area contributed by atoms with Crippen molar-refractivity contribution in [2.24, 2.45) is 11.8 Å². The molecule has 5 nitrogen and oxygen atoms in total. The molecule has 1 aromatic heterocycles. The van der Waals surface area contributed by atoms with Gasteiger partial charge in [-0.1, -0.05) is 18.2 Å². The van der Waals surface area contributed by atoms with Gasteiger partial charge in [-0.25, -0.2) is 0 Å². The Bertz CT molecular complexity index is 694. The third kappa shape index (κ3) is 3.29. The fourth-order valence-corrected chi connectivity index (χ4v) is 5.08. The van der Waals surface area contributed by atoms with Crippen molar-refractivity contribution in [1.82, 2.24) is 9.88 Å². The molecule has 2 aromatic rings. The maximum Gasteiger partial charge on any atom is 0.169 e. The highest BCUT2D eigenvalue weighted by atomic mass is 16.7. The molecule has 4 atom stereocenters. The number of aromatic amines is 1. The summed E-state index contributed by atoms with van der Waals surface area (Å²) in [5.74, 6) is 1.04. The Morgan fingerprint density at radius 2 is 2.00 bits per heavy atom. The number of ether oxygens (including phenoxy) is 2. The van der Waals surface area contributed by atoms with Gasteiger partial charge in [0.05, 0.1) is 12.6 Å². The number of aromatic nitrogens is 1. The van der Waals surface area contributed by atoms with Crippen LogP contribution in [0.15, 0.2) is 30.3 Å². The van der Waals surface area contributed by atoms with Crippen molar-refractivity contribution in [3.05, 3.63) is 36.0 Å². The summed E-state index contributed by atoms with van der Waals surface area (Å²) >= 11 is 0. The number of hydrogen-bond acceptors (Lipinski definition) is 4. The minimum absolute atomic E-state index is 0.214. The number of methoxy groups -OCH3 is 2. The Morgan fingerprint density at radius 1 is 1.19 bits per heavy atom. The van der Waals surface area contributed by atoms with E-state index in [9.17, 15) is 5.11 Å². The molecular weight excluding hydrogens is 328 g/mol. The summed E-state index contributed by atoms with van der Waals surface area (Å²) in [4.78, 5) is 6.22. The van der Waals surface area contributed by atoms with Crippen LogP contribution < -0.4 is 0 Å². The van der Waals surface area contributed by atoms with E-state index in [0.29, 0.717) is 30.5 Å². The average Bonchev–Trinajstić information content (AvgIpc) is 3.11. The number of fused-ring (bicyclic) bond motifs is 3. The summed E-state index contributed by atoms with van der Waals surface area (Å²) in [6.07, 6.45) is 4.29. The third-order valence-electron chi connectivity index (χ3n) is 6.54. The minimum Gasteiger partial charge on any atom is -0.396 e. The van der Waals surface area contributed by atoms with Gasteiger partial charge in [-0.05, 0) is 55.0 Å². The second-order valence-corrected chi connectivity index (χ2v) is 7.83. The van der Waals surface area contributed by atoms with Gasteiger partial charge in [-0.3, -0.25) is 4.90 Å². The van der Waals surface area contributed by atoms with Gasteiger partial charge in [0.2, 0.25) is 0 Å². The van der Waals surface area contributed by atoms with Crippen molar-refractivity contribution < 1.29 is 14.6 Å². The zero-order valence-electron chi connectivity index (χ0n) is 15.7. The number of benzene rings is 1. The SMILES string of the molecule is COC(CN1[C@@H]2CC[C@@H](CO)[C@@H](C2)C[C@@H]1c1cc2ccccc2[nH]1)OC. The van der Waals surface area contributed by atoms with Crippen LogP contribution in [-0.4, -0.2) is 54.7 Å². The molecule has 5 heteroatoms. The van der Waals surface area contributed by atoms with E-state index in [4.69, 9.17) is 9.47 Å². The van der Waals surface area contributed by atoms with Gasteiger partial charge in [0.1, 0.15) is 0 Å². The number of para-hydroxylation sites is 1. The molecule has 1 aliphatic carbocycles. The highest BCUT2D eigenvalue weighted by Crippen LogP contribution is 2.46. The van der Waals surface area contributed by atoms with E-state index in [1.54, 1.807) is 14.2 Å². The van der Waals surface area contributed by atoms with Crippen molar-refractivity contribution in [1.29, 1.82) is 0 Å². The second kappa shape index (κ2) is 7.69. The summed E-state index contributed by atoms with van der Waals surface area (Å²) in [7, 11) is 3.42.